The van der Waals surface area contributed by atoms with Gasteiger partial charge in [0.05, 0.1) is 0 Å². The minimum Gasteiger partial charge on any atom is -0.490 e. The summed E-state index contributed by atoms with van der Waals surface area (Å²) >= 11 is 5.82. The zero-order chi connectivity index (χ0) is 13.9. The Morgan fingerprint density at radius 2 is 2.15 bits per heavy atom. The Kier molecular flexibility index (Phi) is 3.83. The summed E-state index contributed by atoms with van der Waals surface area (Å²) in [5.74, 6) is 2.33. The zero-order valence-corrected chi connectivity index (χ0v) is 12.2. The number of fused-ring (bicyclic) bond motifs is 1. The van der Waals surface area contributed by atoms with Gasteiger partial charge in [-0.25, -0.2) is 0 Å². The molecule has 1 aliphatic heterocycles. The van der Waals surface area contributed by atoms with E-state index in [1.54, 1.807) is 0 Å². The van der Waals surface area contributed by atoms with E-state index in [9.17, 15) is 0 Å². The molecule has 3 rings (SSSR count). The summed E-state index contributed by atoms with van der Waals surface area (Å²) in [6.07, 6.45) is 0.998. The number of benzene rings is 2. The molecule has 0 saturated heterocycles. The van der Waals surface area contributed by atoms with Crippen LogP contribution in [0.25, 0.3) is 0 Å². The summed E-state index contributed by atoms with van der Waals surface area (Å²) in [4.78, 5) is 0. The standard InChI is InChI=1S/C17H17ClO2/c1-12-5-6-17-14(7-12)9-16(20-17)11-19-15-4-2-3-13(8-15)10-18/h2-8,16H,9-11H2,1H3. The Morgan fingerprint density at radius 1 is 1.25 bits per heavy atom. The van der Waals surface area contributed by atoms with Gasteiger partial charge in [-0.15, -0.1) is 11.6 Å². The van der Waals surface area contributed by atoms with Gasteiger partial charge in [0.2, 0.25) is 0 Å². The fourth-order valence-corrected chi connectivity index (χ4v) is 2.62. The predicted molar refractivity (Wildman–Crippen MR) is 80.8 cm³/mol. The number of hydrogen-bond donors (Lipinski definition) is 0. The molecular formula is C17H17ClO2. The molecule has 1 aliphatic rings. The zero-order valence-electron chi connectivity index (χ0n) is 11.4. The van der Waals surface area contributed by atoms with Crippen molar-refractivity contribution in [1.82, 2.24) is 0 Å². The molecule has 0 fully saturated rings. The smallest absolute Gasteiger partial charge is 0.137 e. The Morgan fingerprint density at radius 3 is 3.00 bits per heavy atom. The molecule has 0 bridgehead atoms. The van der Waals surface area contributed by atoms with Crippen LogP contribution >= 0.6 is 11.6 Å². The first-order valence-electron chi connectivity index (χ1n) is 6.78. The topological polar surface area (TPSA) is 18.5 Å². The van der Waals surface area contributed by atoms with Gasteiger partial charge in [0.25, 0.3) is 0 Å². The maximum Gasteiger partial charge on any atom is 0.137 e. The van der Waals surface area contributed by atoms with Crippen molar-refractivity contribution in [2.45, 2.75) is 25.3 Å². The second-order valence-corrected chi connectivity index (χ2v) is 5.41. The molecule has 2 nitrogen and oxygen atoms in total. The molecule has 2 aromatic rings. The lowest BCUT2D eigenvalue weighted by Gasteiger charge is -2.12. The van der Waals surface area contributed by atoms with Crippen LogP contribution in [0.1, 0.15) is 16.7 Å². The SMILES string of the molecule is Cc1ccc2c(c1)CC(COc1cccc(CCl)c1)O2. The Balaban J connectivity index is 1.60. The van der Waals surface area contributed by atoms with Gasteiger partial charge in [0.15, 0.2) is 0 Å². The highest BCUT2D eigenvalue weighted by Gasteiger charge is 2.23. The first-order chi connectivity index (χ1) is 9.74. The summed E-state index contributed by atoms with van der Waals surface area (Å²) in [6.45, 7) is 2.65. The van der Waals surface area contributed by atoms with Gasteiger partial charge >= 0.3 is 0 Å². The first-order valence-corrected chi connectivity index (χ1v) is 7.32. The third kappa shape index (κ3) is 2.91. The Hall–Kier alpha value is -1.67. The van der Waals surface area contributed by atoms with E-state index in [1.807, 2.05) is 30.3 Å². The van der Waals surface area contributed by atoms with Crippen LogP contribution in [0.3, 0.4) is 0 Å². The van der Waals surface area contributed by atoms with Crippen LogP contribution in [0.15, 0.2) is 42.5 Å². The van der Waals surface area contributed by atoms with Crippen molar-refractivity contribution in [1.29, 1.82) is 0 Å². The van der Waals surface area contributed by atoms with Crippen LogP contribution in [-0.4, -0.2) is 12.7 Å². The predicted octanol–water partition coefficient (Wildman–Crippen LogP) is 4.12. The van der Waals surface area contributed by atoms with Crippen LogP contribution in [0.4, 0.5) is 0 Å². The maximum absolute atomic E-state index is 5.89. The summed E-state index contributed by atoms with van der Waals surface area (Å²) < 4.78 is 11.7. The van der Waals surface area contributed by atoms with Crippen LogP contribution in [0.5, 0.6) is 11.5 Å². The van der Waals surface area contributed by atoms with Crippen LogP contribution in [0, 0.1) is 6.92 Å². The summed E-state index contributed by atoms with van der Waals surface area (Å²) in [5.41, 5.74) is 3.60. The van der Waals surface area contributed by atoms with Crippen LogP contribution < -0.4 is 9.47 Å². The van der Waals surface area contributed by atoms with Gasteiger partial charge < -0.3 is 9.47 Å². The molecule has 0 saturated carbocycles. The van der Waals surface area contributed by atoms with Gasteiger partial charge in [-0.2, -0.15) is 0 Å². The van der Waals surface area contributed by atoms with Crippen molar-refractivity contribution in [2.75, 3.05) is 6.61 Å². The molecule has 104 valence electrons. The highest BCUT2D eigenvalue weighted by atomic mass is 35.5. The third-order valence-electron chi connectivity index (χ3n) is 3.45. The third-order valence-corrected chi connectivity index (χ3v) is 3.75. The van der Waals surface area contributed by atoms with E-state index in [2.05, 4.69) is 19.1 Å². The van der Waals surface area contributed by atoms with Crippen molar-refractivity contribution in [3.8, 4) is 11.5 Å². The minimum atomic E-state index is 0.0893. The van der Waals surface area contributed by atoms with E-state index < -0.39 is 0 Å². The molecule has 1 heterocycles. The molecule has 0 radical (unpaired) electrons. The molecule has 0 aliphatic carbocycles. The molecule has 0 amide bonds. The van der Waals surface area contributed by atoms with E-state index in [4.69, 9.17) is 21.1 Å². The van der Waals surface area contributed by atoms with Gasteiger partial charge in [-0.1, -0.05) is 29.8 Å². The molecule has 1 atom stereocenters. The highest BCUT2D eigenvalue weighted by molar-refractivity contribution is 6.17. The minimum absolute atomic E-state index is 0.0893. The molecule has 20 heavy (non-hydrogen) atoms. The lowest BCUT2D eigenvalue weighted by atomic mass is 10.1. The second kappa shape index (κ2) is 5.76. The van der Waals surface area contributed by atoms with Gasteiger partial charge in [-0.05, 0) is 36.2 Å². The Bertz CT molecular complexity index is 610. The fourth-order valence-electron chi connectivity index (χ4n) is 2.45. The molecule has 0 spiro atoms. The lowest BCUT2D eigenvalue weighted by Crippen LogP contribution is -2.22. The van der Waals surface area contributed by atoms with E-state index in [-0.39, 0.29) is 6.10 Å². The molecule has 1 unspecified atom stereocenters. The Labute approximate surface area is 124 Å². The van der Waals surface area contributed by atoms with Gasteiger partial charge in [0.1, 0.15) is 24.2 Å². The normalized spacial score (nSPS) is 16.6. The number of ether oxygens (including phenoxy) is 2. The molecule has 0 aromatic heterocycles. The van der Waals surface area contributed by atoms with Crippen molar-refractivity contribution in [3.05, 3.63) is 59.2 Å². The molecular weight excluding hydrogens is 272 g/mol. The van der Waals surface area contributed by atoms with Crippen LogP contribution in [0.2, 0.25) is 0 Å². The second-order valence-electron chi connectivity index (χ2n) is 5.15. The van der Waals surface area contributed by atoms with Gasteiger partial charge in [0, 0.05) is 12.3 Å². The molecule has 0 N–H and O–H groups in total. The van der Waals surface area contributed by atoms with Crippen molar-refractivity contribution in [2.24, 2.45) is 0 Å². The monoisotopic (exact) mass is 288 g/mol. The van der Waals surface area contributed by atoms with Crippen molar-refractivity contribution in [3.63, 3.8) is 0 Å². The number of hydrogen-bond acceptors (Lipinski definition) is 2. The molecule has 3 heteroatoms. The van der Waals surface area contributed by atoms with E-state index >= 15 is 0 Å². The van der Waals surface area contributed by atoms with E-state index in [0.717, 1.165) is 23.5 Å². The largest absolute Gasteiger partial charge is 0.490 e. The van der Waals surface area contributed by atoms with Crippen molar-refractivity contribution < 1.29 is 9.47 Å². The summed E-state index contributed by atoms with van der Waals surface area (Å²) in [6, 6.07) is 14.2. The van der Waals surface area contributed by atoms with Crippen molar-refractivity contribution >= 4 is 11.6 Å². The van der Waals surface area contributed by atoms with E-state index in [0.29, 0.717) is 12.5 Å². The van der Waals surface area contributed by atoms with Crippen LogP contribution in [-0.2, 0) is 12.3 Å². The number of alkyl halides is 1. The lowest BCUT2D eigenvalue weighted by molar-refractivity contribution is 0.148. The fraction of sp³-hybridized carbons (Fsp3) is 0.294. The number of halogens is 1. The summed E-state index contributed by atoms with van der Waals surface area (Å²) in [5, 5.41) is 0. The average Bonchev–Trinajstić information content (AvgIpc) is 2.87. The van der Waals surface area contributed by atoms with E-state index in [1.165, 1.54) is 11.1 Å². The quantitative estimate of drug-likeness (QED) is 0.788. The first kappa shape index (κ1) is 13.3. The molecule has 2 aromatic carbocycles. The van der Waals surface area contributed by atoms with Gasteiger partial charge in [-0.3, -0.25) is 0 Å². The number of rotatable bonds is 4. The average molecular weight is 289 g/mol. The maximum atomic E-state index is 5.89. The highest BCUT2D eigenvalue weighted by Crippen LogP contribution is 2.29. The summed E-state index contributed by atoms with van der Waals surface area (Å²) in [7, 11) is 0. The number of aryl methyl sites for hydroxylation is 1.